The van der Waals surface area contributed by atoms with Gasteiger partial charge in [0.15, 0.2) is 5.82 Å². The molecule has 0 radical (unpaired) electrons. The lowest BCUT2D eigenvalue weighted by molar-refractivity contribution is 0.910. The van der Waals surface area contributed by atoms with E-state index in [0.29, 0.717) is 11.6 Å². The van der Waals surface area contributed by atoms with Gasteiger partial charge in [-0.05, 0) is 0 Å². The van der Waals surface area contributed by atoms with Crippen LogP contribution in [0.2, 0.25) is 0 Å². The van der Waals surface area contributed by atoms with Crippen LogP contribution in [-0.2, 0) is 6.42 Å². The van der Waals surface area contributed by atoms with Gasteiger partial charge in [0, 0.05) is 11.8 Å². The minimum Gasteiger partial charge on any atom is -0.368 e. The number of aromatic nitrogens is 4. The van der Waals surface area contributed by atoms with Gasteiger partial charge in [0.05, 0.1) is 5.51 Å². The maximum Gasteiger partial charge on any atom is 0.223 e. The van der Waals surface area contributed by atoms with Crippen molar-refractivity contribution >= 4 is 17.3 Å². The van der Waals surface area contributed by atoms with E-state index in [4.69, 9.17) is 5.73 Å². The first kappa shape index (κ1) is 9.01. The fraction of sp³-hybridized carbons (Fsp3) is 0.250. The molecule has 2 aromatic rings. The first-order valence-electron chi connectivity index (χ1n) is 4.18. The number of thiazole rings is 1. The fourth-order valence-corrected chi connectivity index (χ4v) is 1.56. The number of hydrogen-bond acceptors (Lipinski definition) is 6. The number of aryl methyl sites for hydroxylation is 1. The van der Waals surface area contributed by atoms with E-state index in [9.17, 15) is 0 Å². The monoisotopic (exact) mass is 207 g/mol. The SMILES string of the molecule is CCc1nc(N)nc(-c2cscn2)n1. The number of nitrogen functional groups attached to an aromatic ring is 1. The lowest BCUT2D eigenvalue weighted by Crippen LogP contribution is -2.04. The van der Waals surface area contributed by atoms with Crippen LogP contribution in [0.25, 0.3) is 11.5 Å². The van der Waals surface area contributed by atoms with E-state index in [0.717, 1.165) is 12.1 Å². The van der Waals surface area contributed by atoms with Crippen molar-refractivity contribution in [3.8, 4) is 11.5 Å². The van der Waals surface area contributed by atoms with E-state index in [1.54, 1.807) is 5.51 Å². The summed E-state index contributed by atoms with van der Waals surface area (Å²) < 4.78 is 0. The Morgan fingerprint density at radius 1 is 1.36 bits per heavy atom. The summed E-state index contributed by atoms with van der Waals surface area (Å²) in [6.07, 6.45) is 0.740. The lowest BCUT2D eigenvalue weighted by Gasteiger charge is -1.99. The average Bonchev–Trinajstić information content (AvgIpc) is 2.69. The van der Waals surface area contributed by atoms with Crippen molar-refractivity contribution in [2.75, 3.05) is 5.73 Å². The number of anilines is 1. The summed E-state index contributed by atoms with van der Waals surface area (Å²) in [6.45, 7) is 1.97. The second-order valence-corrected chi connectivity index (χ2v) is 3.38. The van der Waals surface area contributed by atoms with Crippen molar-refractivity contribution in [2.24, 2.45) is 0 Å². The Bertz CT molecular complexity index is 425. The molecule has 0 aliphatic rings. The van der Waals surface area contributed by atoms with Gasteiger partial charge in [-0.25, -0.2) is 9.97 Å². The Morgan fingerprint density at radius 2 is 2.21 bits per heavy atom. The van der Waals surface area contributed by atoms with Crippen LogP contribution in [0, 0.1) is 0 Å². The highest BCUT2D eigenvalue weighted by Crippen LogP contribution is 2.14. The molecule has 2 rings (SSSR count). The largest absolute Gasteiger partial charge is 0.368 e. The highest BCUT2D eigenvalue weighted by molar-refractivity contribution is 7.07. The maximum absolute atomic E-state index is 5.55. The summed E-state index contributed by atoms with van der Waals surface area (Å²) in [5, 5.41) is 1.88. The molecule has 0 unspecified atom stereocenters. The van der Waals surface area contributed by atoms with E-state index in [1.807, 2.05) is 12.3 Å². The molecular formula is C8H9N5S. The molecule has 6 heteroatoms. The molecule has 0 fully saturated rings. The van der Waals surface area contributed by atoms with Crippen LogP contribution in [0.4, 0.5) is 5.95 Å². The molecule has 2 N–H and O–H groups in total. The minimum absolute atomic E-state index is 0.250. The summed E-state index contributed by atoms with van der Waals surface area (Å²) in [4.78, 5) is 16.4. The van der Waals surface area contributed by atoms with Gasteiger partial charge in [-0.1, -0.05) is 6.92 Å². The van der Waals surface area contributed by atoms with E-state index < -0.39 is 0 Å². The zero-order chi connectivity index (χ0) is 9.97. The van der Waals surface area contributed by atoms with E-state index >= 15 is 0 Å². The van der Waals surface area contributed by atoms with Crippen LogP contribution in [0.1, 0.15) is 12.7 Å². The van der Waals surface area contributed by atoms with Crippen LogP contribution in [0.5, 0.6) is 0 Å². The van der Waals surface area contributed by atoms with E-state index in [2.05, 4.69) is 19.9 Å². The molecule has 2 aromatic heterocycles. The molecule has 5 nitrogen and oxygen atoms in total. The highest BCUT2D eigenvalue weighted by Gasteiger charge is 2.06. The van der Waals surface area contributed by atoms with Crippen molar-refractivity contribution in [1.82, 2.24) is 19.9 Å². The molecule has 0 saturated carbocycles. The average molecular weight is 207 g/mol. The van der Waals surface area contributed by atoms with Crippen LogP contribution < -0.4 is 5.73 Å². The fourth-order valence-electron chi connectivity index (χ4n) is 1.03. The highest BCUT2D eigenvalue weighted by atomic mass is 32.1. The van der Waals surface area contributed by atoms with Gasteiger partial charge in [0.25, 0.3) is 0 Å². The zero-order valence-corrected chi connectivity index (χ0v) is 8.45. The molecule has 14 heavy (non-hydrogen) atoms. The topological polar surface area (TPSA) is 77.6 Å². The number of nitrogens with two attached hydrogens (primary N) is 1. The molecule has 0 aromatic carbocycles. The summed E-state index contributed by atoms with van der Waals surface area (Å²) in [7, 11) is 0. The van der Waals surface area contributed by atoms with Gasteiger partial charge >= 0.3 is 0 Å². The van der Waals surface area contributed by atoms with Gasteiger partial charge in [-0.15, -0.1) is 11.3 Å². The van der Waals surface area contributed by atoms with Crippen LogP contribution in [-0.4, -0.2) is 19.9 Å². The van der Waals surface area contributed by atoms with E-state index in [1.165, 1.54) is 11.3 Å². The molecule has 0 bridgehead atoms. The summed E-state index contributed by atoms with van der Waals surface area (Å²) in [5.41, 5.74) is 8.04. The smallest absolute Gasteiger partial charge is 0.223 e. The van der Waals surface area contributed by atoms with Gasteiger partial charge in [-0.2, -0.15) is 9.97 Å². The van der Waals surface area contributed by atoms with Crippen LogP contribution in [0.3, 0.4) is 0 Å². The van der Waals surface area contributed by atoms with Gasteiger partial charge in [0.2, 0.25) is 5.95 Å². The summed E-state index contributed by atoms with van der Waals surface area (Å²) >= 11 is 1.50. The molecule has 0 aliphatic carbocycles. The number of nitrogens with zero attached hydrogens (tertiary/aromatic N) is 4. The van der Waals surface area contributed by atoms with Crippen molar-refractivity contribution < 1.29 is 0 Å². The first-order chi connectivity index (χ1) is 6.79. The predicted molar refractivity (Wildman–Crippen MR) is 54.7 cm³/mol. The van der Waals surface area contributed by atoms with Crippen LogP contribution >= 0.6 is 11.3 Å². The number of rotatable bonds is 2. The van der Waals surface area contributed by atoms with Crippen molar-refractivity contribution in [3.63, 3.8) is 0 Å². The summed E-state index contributed by atoms with van der Waals surface area (Å²) in [5.74, 6) is 1.50. The molecule has 0 atom stereocenters. The second-order valence-electron chi connectivity index (χ2n) is 2.66. The molecule has 0 aliphatic heterocycles. The van der Waals surface area contributed by atoms with Gasteiger partial charge in [-0.3, -0.25) is 0 Å². The van der Waals surface area contributed by atoms with Crippen LogP contribution in [0.15, 0.2) is 10.9 Å². The molecule has 0 amide bonds. The quantitative estimate of drug-likeness (QED) is 0.799. The zero-order valence-electron chi connectivity index (χ0n) is 7.64. The molecule has 2 heterocycles. The van der Waals surface area contributed by atoms with Crippen molar-refractivity contribution in [3.05, 3.63) is 16.7 Å². The summed E-state index contributed by atoms with van der Waals surface area (Å²) in [6, 6.07) is 0. The van der Waals surface area contributed by atoms with E-state index in [-0.39, 0.29) is 5.95 Å². The molecular weight excluding hydrogens is 198 g/mol. The Morgan fingerprint density at radius 3 is 2.86 bits per heavy atom. The second kappa shape index (κ2) is 3.67. The Balaban J connectivity index is 2.48. The van der Waals surface area contributed by atoms with Crippen molar-refractivity contribution in [1.29, 1.82) is 0 Å². The van der Waals surface area contributed by atoms with Gasteiger partial charge in [0.1, 0.15) is 11.5 Å². The Labute approximate surface area is 85.1 Å². The predicted octanol–water partition coefficient (Wildman–Crippen LogP) is 1.14. The molecule has 0 saturated heterocycles. The molecule has 72 valence electrons. The first-order valence-corrected chi connectivity index (χ1v) is 5.13. The standard InChI is InChI=1S/C8H9N5S/c1-2-6-11-7(13-8(9)12-6)5-3-14-4-10-5/h3-4H,2H2,1H3,(H2,9,11,12,13). The Hall–Kier alpha value is -1.56. The van der Waals surface area contributed by atoms with Gasteiger partial charge < -0.3 is 5.73 Å². The lowest BCUT2D eigenvalue weighted by atomic mass is 10.4. The normalized spacial score (nSPS) is 10.4. The minimum atomic E-state index is 0.250. The van der Waals surface area contributed by atoms with Crippen molar-refractivity contribution in [2.45, 2.75) is 13.3 Å². The third kappa shape index (κ3) is 1.69. The number of hydrogen-bond donors (Lipinski definition) is 1. The molecule has 0 spiro atoms. The third-order valence-corrected chi connectivity index (χ3v) is 2.26. The maximum atomic E-state index is 5.55. The third-order valence-electron chi connectivity index (χ3n) is 1.68. The Kier molecular flexibility index (Phi) is 2.36.